The van der Waals surface area contributed by atoms with Crippen LogP contribution in [-0.4, -0.2) is 0 Å². The van der Waals surface area contributed by atoms with E-state index in [1.165, 1.54) is 44.1 Å². The Kier molecular flexibility index (Phi) is 11.7. The van der Waals surface area contributed by atoms with E-state index >= 15 is 0 Å². The molecule has 0 aliphatic carbocycles. The highest BCUT2D eigenvalue weighted by molar-refractivity contribution is 5.15. The lowest BCUT2D eigenvalue weighted by Gasteiger charge is -1.96. The lowest BCUT2D eigenvalue weighted by Crippen LogP contribution is -1.76. The van der Waals surface area contributed by atoms with Crippen molar-refractivity contribution in [3.8, 4) is 0 Å². The predicted molar refractivity (Wildman–Crippen MR) is 75.7 cm³/mol. The van der Waals surface area contributed by atoms with Gasteiger partial charge < -0.3 is 0 Å². The van der Waals surface area contributed by atoms with Crippen molar-refractivity contribution < 1.29 is 0 Å². The van der Waals surface area contributed by atoms with Gasteiger partial charge >= 0.3 is 0 Å². The third kappa shape index (κ3) is 11.3. The lowest BCUT2D eigenvalue weighted by atomic mass is 10.1. The molecular weight excluding hydrogens is 192 g/mol. The minimum absolute atomic E-state index is 1.09. The topological polar surface area (TPSA) is 0 Å². The van der Waals surface area contributed by atoms with Crippen molar-refractivity contribution in [3.05, 3.63) is 36.5 Å². The van der Waals surface area contributed by atoms with Crippen molar-refractivity contribution in [2.45, 2.75) is 65.2 Å². The molecular formula is C16H28. The first kappa shape index (κ1) is 15.2. The van der Waals surface area contributed by atoms with Crippen LogP contribution in [0, 0.1) is 0 Å². The fourth-order valence-corrected chi connectivity index (χ4v) is 1.63. The summed E-state index contributed by atoms with van der Waals surface area (Å²) < 4.78 is 0. The highest BCUT2D eigenvalue weighted by Crippen LogP contribution is 2.07. The van der Waals surface area contributed by atoms with Gasteiger partial charge in [0.25, 0.3) is 0 Å². The molecule has 0 rings (SSSR count). The van der Waals surface area contributed by atoms with Gasteiger partial charge in [-0.05, 0) is 32.6 Å². The van der Waals surface area contributed by atoms with E-state index in [-0.39, 0.29) is 0 Å². The van der Waals surface area contributed by atoms with Gasteiger partial charge in [0, 0.05) is 0 Å². The zero-order valence-electron chi connectivity index (χ0n) is 11.2. The molecule has 0 aliphatic heterocycles. The van der Waals surface area contributed by atoms with Crippen LogP contribution in [0.5, 0.6) is 0 Å². The monoisotopic (exact) mass is 220 g/mol. The summed E-state index contributed by atoms with van der Waals surface area (Å²) in [5, 5.41) is 0. The molecule has 0 bridgehead atoms. The van der Waals surface area contributed by atoms with E-state index in [9.17, 15) is 0 Å². The molecule has 0 fully saturated rings. The highest BCUT2D eigenvalue weighted by atomic mass is 13.9. The van der Waals surface area contributed by atoms with Crippen molar-refractivity contribution in [1.29, 1.82) is 0 Å². The smallest absolute Gasteiger partial charge is 0.0310 e. The Labute approximate surface area is 102 Å². The van der Waals surface area contributed by atoms with Crippen molar-refractivity contribution in [1.82, 2.24) is 0 Å². The molecule has 0 aliphatic rings. The van der Waals surface area contributed by atoms with Crippen LogP contribution in [0.25, 0.3) is 0 Å². The highest BCUT2D eigenvalue weighted by Gasteiger charge is 1.87. The van der Waals surface area contributed by atoms with E-state index in [0.29, 0.717) is 0 Å². The summed E-state index contributed by atoms with van der Waals surface area (Å²) in [6.45, 7) is 8.16. The van der Waals surface area contributed by atoms with Gasteiger partial charge in [0.1, 0.15) is 0 Å². The number of unbranched alkanes of at least 4 members (excludes halogenated alkanes) is 6. The Morgan fingerprint density at radius 1 is 1.00 bits per heavy atom. The molecule has 0 N–H and O–H groups in total. The van der Waals surface area contributed by atoms with E-state index in [1.54, 1.807) is 0 Å². The van der Waals surface area contributed by atoms with Gasteiger partial charge in [-0.3, -0.25) is 0 Å². The van der Waals surface area contributed by atoms with Crippen LogP contribution in [0.2, 0.25) is 0 Å². The second-order valence-electron chi connectivity index (χ2n) is 4.42. The first-order valence-electron chi connectivity index (χ1n) is 6.75. The Hall–Kier alpha value is -0.780. The largest absolute Gasteiger partial charge is 0.103 e. The van der Waals surface area contributed by atoms with Crippen LogP contribution in [0.4, 0.5) is 0 Å². The van der Waals surface area contributed by atoms with E-state index in [0.717, 1.165) is 12.8 Å². The molecule has 0 aromatic carbocycles. The summed E-state index contributed by atoms with van der Waals surface area (Å²) in [6.07, 6.45) is 19.1. The molecule has 0 nitrogen and oxygen atoms in total. The van der Waals surface area contributed by atoms with Crippen molar-refractivity contribution in [2.75, 3.05) is 0 Å². The molecule has 0 radical (unpaired) electrons. The SMILES string of the molecule is C=CCCC=C(C)C=CCCCCCCC. The second-order valence-corrected chi connectivity index (χ2v) is 4.42. The van der Waals surface area contributed by atoms with Crippen LogP contribution in [-0.2, 0) is 0 Å². The Balaban J connectivity index is 3.44. The Bertz CT molecular complexity index is 208. The maximum Gasteiger partial charge on any atom is -0.0310 e. The maximum atomic E-state index is 3.72. The van der Waals surface area contributed by atoms with Crippen molar-refractivity contribution >= 4 is 0 Å². The summed E-state index contributed by atoms with van der Waals surface area (Å²) >= 11 is 0. The molecule has 0 saturated carbocycles. The first-order valence-corrected chi connectivity index (χ1v) is 6.75. The van der Waals surface area contributed by atoms with Crippen molar-refractivity contribution in [3.63, 3.8) is 0 Å². The van der Waals surface area contributed by atoms with Crippen LogP contribution in [0.3, 0.4) is 0 Å². The van der Waals surface area contributed by atoms with E-state index in [4.69, 9.17) is 0 Å². The molecule has 0 saturated heterocycles. The average molecular weight is 220 g/mol. The number of hydrogen-bond acceptors (Lipinski definition) is 0. The van der Waals surface area contributed by atoms with Gasteiger partial charge in [0.15, 0.2) is 0 Å². The maximum absolute atomic E-state index is 3.72. The minimum atomic E-state index is 1.09. The first-order chi connectivity index (χ1) is 7.81. The zero-order valence-corrected chi connectivity index (χ0v) is 11.2. The summed E-state index contributed by atoms with van der Waals surface area (Å²) in [6, 6.07) is 0. The number of allylic oxidation sites excluding steroid dienone is 5. The molecule has 0 amide bonds. The molecule has 0 unspecified atom stereocenters. The van der Waals surface area contributed by atoms with E-state index < -0.39 is 0 Å². The van der Waals surface area contributed by atoms with Gasteiger partial charge in [-0.2, -0.15) is 0 Å². The second kappa shape index (κ2) is 12.3. The number of rotatable bonds is 10. The molecule has 92 valence electrons. The fraction of sp³-hybridized carbons (Fsp3) is 0.625. The van der Waals surface area contributed by atoms with E-state index in [1.807, 2.05) is 6.08 Å². The molecule has 0 atom stereocenters. The minimum Gasteiger partial charge on any atom is -0.103 e. The normalized spacial score (nSPS) is 12.2. The van der Waals surface area contributed by atoms with Gasteiger partial charge in [0.05, 0.1) is 0 Å². The Morgan fingerprint density at radius 2 is 1.75 bits per heavy atom. The van der Waals surface area contributed by atoms with Crippen molar-refractivity contribution in [2.24, 2.45) is 0 Å². The van der Waals surface area contributed by atoms with Gasteiger partial charge in [-0.15, -0.1) is 6.58 Å². The van der Waals surface area contributed by atoms with Crippen LogP contribution < -0.4 is 0 Å². The zero-order chi connectivity index (χ0) is 12.1. The summed E-state index contributed by atoms with van der Waals surface area (Å²) in [5.41, 5.74) is 1.38. The van der Waals surface area contributed by atoms with Crippen LogP contribution in [0.1, 0.15) is 65.2 Å². The molecule has 0 heterocycles. The fourth-order valence-electron chi connectivity index (χ4n) is 1.63. The quantitative estimate of drug-likeness (QED) is 0.247. The van der Waals surface area contributed by atoms with Crippen LogP contribution >= 0.6 is 0 Å². The molecule has 0 heteroatoms. The third-order valence-corrected chi connectivity index (χ3v) is 2.69. The number of hydrogen-bond donors (Lipinski definition) is 0. The molecule has 16 heavy (non-hydrogen) atoms. The summed E-state index contributed by atoms with van der Waals surface area (Å²) in [7, 11) is 0. The molecule has 0 aromatic heterocycles. The molecule has 0 aromatic rings. The Morgan fingerprint density at radius 3 is 2.44 bits per heavy atom. The van der Waals surface area contributed by atoms with Gasteiger partial charge in [-0.25, -0.2) is 0 Å². The lowest BCUT2D eigenvalue weighted by molar-refractivity contribution is 0.637. The summed E-state index contributed by atoms with van der Waals surface area (Å²) in [5.74, 6) is 0. The molecule has 0 spiro atoms. The van der Waals surface area contributed by atoms with Gasteiger partial charge in [0.2, 0.25) is 0 Å². The van der Waals surface area contributed by atoms with E-state index in [2.05, 4.69) is 38.7 Å². The standard InChI is InChI=1S/C16H28/c1-4-6-8-9-10-11-13-15-16(3)14-12-7-5-2/h5,13-15H,2,4,6-12H2,1,3H3. The average Bonchev–Trinajstić information content (AvgIpc) is 2.28. The predicted octanol–water partition coefficient (Wildman–Crippen LogP) is 5.82. The third-order valence-electron chi connectivity index (χ3n) is 2.69. The van der Waals surface area contributed by atoms with Gasteiger partial charge in [-0.1, -0.05) is 62.5 Å². The summed E-state index contributed by atoms with van der Waals surface area (Å²) in [4.78, 5) is 0. The van der Waals surface area contributed by atoms with Crippen LogP contribution in [0.15, 0.2) is 36.5 Å².